The summed E-state index contributed by atoms with van der Waals surface area (Å²) in [5, 5.41) is 1.05. The Hall–Kier alpha value is -2.51. The highest BCUT2D eigenvalue weighted by Gasteiger charge is 2.34. The summed E-state index contributed by atoms with van der Waals surface area (Å²) in [6.07, 6.45) is 0.757. The van der Waals surface area contributed by atoms with Crippen LogP contribution < -0.4 is 4.90 Å². The largest absolute Gasteiger partial charge is 0.338 e. The highest BCUT2D eigenvalue weighted by atomic mass is 32.2. The molecule has 2 fully saturated rings. The van der Waals surface area contributed by atoms with Gasteiger partial charge in [0.25, 0.3) is 0 Å². The van der Waals surface area contributed by atoms with Crippen LogP contribution in [-0.2, 0) is 9.84 Å². The van der Waals surface area contributed by atoms with Crippen molar-refractivity contribution < 1.29 is 8.42 Å². The Bertz CT molecular complexity index is 1130. The molecule has 0 bridgehead atoms. The molecule has 2 aromatic carbocycles. The van der Waals surface area contributed by atoms with Gasteiger partial charge in [-0.3, -0.25) is 4.90 Å². The number of para-hydroxylation sites is 1. The normalized spacial score (nSPS) is 22.2. The number of piperazine rings is 1. The molecule has 1 aromatic heterocycles. The summed E-state index contributed by atoms with van der Waals surface area (Å²) in [6, 6.07) is 18.5. The van der Waals surface area contributed by atoms with Crippen molar-refractivity contribution in [2.75, 3.05) is 42.6 Å². The van der Waals surface area contributed by atoms with Gasteiger partial charge in [-0.25, -0.2) is 18.4 Å². The standard InChI is InChI=1S/C22H24N4O2S/c27-29(28)15-10-18(16-29)25-11-13-26(14-12-25)22-23-20-9-5-4-8-19(20)21(24-22)17-6-2-1-3-7-17/h1-9,18H,10-16H2/t18-/m0/s1. The second-order valence-corrected chi connectivity index (χ2v) is 10.1. The average Bonchev–Trinajstić information content (AvgIpc) is 3.13. The van der Waals surface area contributed by atoms with Crippen LogP contribution in [0.3, 0.4) is 0 Å². The molecule has 0 N–H and O–H groups in total. The van der Waals surface area contributed by atoms with Crippen LogP contribution in [0.2, 0.25) is 0 Å². The maximum absolute atomic E-state index is 11.8. The van der Waals surface area contributed by atoms with Crippen LogP contribution in [-0.4, -0.2) is 67.0 Å². The van der Waals surface area contributed by atoms with Crippen LogP contribution in [0.1, 0.15) is 6.42 Å². The molecule has 0 unspecified atom stereocenters. The number of nitrogens with zero attached hydrogens (tertiary/aromatic N) is 4. The van der Waals surface area contributed by atoms with Gasteiger partial charge in [0.05, 0.1) is 22.7 Å². The third-order valence-corrected chi connectivity index (χ3v) is 7.71. The first-order chi connectivity index (χ1) is 14.1. The molecule has 29 heavy (non-hydrogen) atoms. The van der Waals surface area contributed by atoms with Gasteiger partial charge in [0.15, 0.2) is 9.84 Å². The van der Waals surface area contributed by atoms with E-state index < -0.39 is 9.84 Å². The molecule has 2 aliphatic rings. The summed E-state index contributed by atoms with van der Waals surface area (Å²) in [5.41, 5.74) is 2.98. The summed E-state index contributed by atoms with van der Waals surface area (Å²) < 4.78 is 23.6. The van der Waals surface area contributed by atoms with Crippen molar-refractivity contribution in [3.05, 3.63) is 54.6 Å². The minimum Gasteiger partial charge on any atom is -0.338 e. The van der Waals surface area contributed by atoms with E-state index in [9.17, 15) is 8.42 Å². The molecule has 0 spiro atoms. The van der Waals surface area contributed by atoms with Gasteiger partial charge >= 0.3 is 0 Å². The van der Waals surface area contributed by atoms with Gasteiger partial charge < -0.3 is 4.90 Å². The van der Waals surface area contributed by atoms with Gasteiger partial charge in [0, 0.05) is 43.2 Å². The van der Waals surface area contributed by atoms with E-state index in [0.717, 1.165) is 60.7 Å². The van der Waals surface area contributed by atoms with Gasteiger partial charge in [0.2, 0.25) is 5.95 Å². The quantitative estimate of drug-likeness (QED) is 0.664. The minimum absolute atomic E-state index is 0.166. The molecule has 2 aliphatic heterocycles. The fourth-order valence-corrected chi connectivity index (χ4v) is 6.13. The zero-order valence-electron chi connectivity index (χ0n) is 16.2. The van der Waals surface area contributed by atoms with E-state index in [-0.39, 0.29) is 6.04 Å². The lowest BCUT2D eigenvalue weighted by atomic mass is 10.1. The molecular weight excluding hydrogens is 384 g/mol. The van der Waals surface area contributed by atoms with E-state index in [1.54, 1.807) is 0 Å². The van der Waals surface area contributed by atoms with E-state index >= 15 is 0 Å². The number of rotatable bonds is 3. The summed E-state index contributed by atoms with van der Waals surface area (Å²) in [4.78, 5) is 14.3. The third kappa shape index (κ3) is 3.72. The lowest BCUT2D eigenvalue weighted by molar-refractivity contribution is 0.200. The van der Waals surface area contributed by atoms with Crippen molar-refractivity contribution in [1.29, 1.82) is 0 Å². The van der Waals surface area contributed by atoms with E-state index in [2.05, 4.69) is 28.0 Å². The molecule has 2 saturated heterocycles. The average molecular weight is 409 g/mol. The van der Waals surface area contributed by atoms with Gasteiger partial charge in [-0.1, -0.05) is 48.5 Å². The predicted molar refractivity (Wildman–Crippen MR) is 116 cm³/mol. The van der Waals surface area contributed by atoms with Gasteiger partial charge in [-0.15, -0.1) is 0 Å². The maximum Gasteiger partial charge on any atom is 0.226 e. The molecule has 0 saturated carbocycles. The summed E-state index contributed by atoms with van der Waals surface area (Å²) in [5.74, 6) is 1.38. The molecule has 3 heterocycles. The van der Waals surface area contributed by atoms with Crippen LogP contribution >= 0.6 is 0 Å². The molecule has 5 rings (SSSR count). The zero-order valence-corrected chi connectivity index (χ0v) is 17.1. The highest BCUT2D eigenvalue weighted by molar-refractivity contribution is 7.91. The second kappa shape index (κ2) is 7.39. The van der Waals surface area contributed by atoms with Crippen LogP contribution in [0.4, 0.5) is 5.95 Å². The number of benzene rings is 2. The fourth-order valence-electron chi connectivity index (χ4n) is 4.37. The molecule has 1 atom stereocenters. The number of fused-ring (bicyclic) bond motifs is 1. The molecule has 7 heteroatoms. The van der Waals surface area contributed by atoms with Gasteiger partial charge in [-0.05, 0) is 12.5 Å². The molecule has 6 nitrogen and oxygen atoms in total. The smallest absolute Gasteiger partial charge is 0.226 e. The monoisotopic (exact) mass is 408 g/mol. The van der Waals surface area contributed by atoms with E-state index in [0.29, 0.717) is 11.5 Å². The Labute approximate surface area is 171 Å². The topological polar surface area (TPSA) is 66.4 Å². The van der Waals surface area contributed by atoms with E-state index in [4.69, 9.17) is 9.97 Å². The lowest BCUT2D eigenvalue weighted by Gasteiger charge is -2.37. The van der Waals surface area contributed by atoms with Crippen molar-refractivity contribution in [2.45, 2.75) is 12.5 Å². The van der Waals surface area contributed by atoms with Crippen LogP contribution in [0.15, 0.2) is 54.6 Å². The number of anilines is 1. The van der Waals surface area contributed by atoms with Crippen molar-refractivity contribution in [2.24, 2.45) is 0 Å². The first-order valence-corrected chi connectivity index (χ1v) is 11.9. The van der Waals surface area contributed by atoms with Gasteiger partial charge in [-0.2, -0.15) is 0 Å². The Morgan fingerprint density at radius 1 is 0.862 bits per heavy atom. The number of hydrogen-bond acceptors (Lipinski definition) is 6. The van der Waals surface area contributed by atoms with Gasteiger partial charge in [0.1, 0.15) is 0 Å². The molecule has 0 amide bonds. The van der Waals surface area contributed by atoms with Crippen molar-refractivity contribution in [3.63, 3.8) is 0 Å². The molecular formula is C22H24N4O2S. The minimum atomic E-state index is -2.85. The SMILES string of the molecule is O=S1(=O)CC[C@H](N2CCN(c3nc(-c4ccccc4)c4ccccc4n3)CC2)C1. The Morgan fingerprint density at radius 2 is 1.59 bits per heavy atom. The van der Waals surface area contributed by atoms with Crippen molar-refractivity contribution in [1.82, 2.24) is 14.9 Å². The molecule has 150 valence electrons. The summed E-state index contributed by atoms with van der Waals surface area (Å²) in [6.45, 7) is 3.31. The Balaban J connectivity index is 1.41. The number of aromatic nitrogens is 2. The lowest BCUT2D eigenvalue weighted by Crippen LogP contribution is -2.51. The highest BCUT2D eigenvalue weighted by Crippen LogP contribution is 2.29. The first kappa shape index (κ1) is 18.5. The first-order valence-electron chi connectivity index (χ1n) is 10.1. The third-order valence-electron chi connectivity index (χ3n) is 5.96. The van der Waals surface area contributed by atoms with Crippen molar-refractivity contribution in [3.8, 4) is 11.3 Å². The van der Waals surface area contributed by atoms with Crippen LogP contribution in [0.5, 0.6) is 0 Å². The van der Waals surface area contributed by atoms with Crippen molar-refractivity contribution >= 4 is 26.7 Å². The Morgan fingerprint density at radius 3 is 2.31 bits per heavy atom. The predicted octanol–water partition coefficient (Wildman–Crippen LogP) is 2.61. The van der Waals surface area contributed by atoms with Crippen LogP contribution in [0, 0.1) is 0 Å². The fraction of sp³-hybridized carbons (Fsp3) is 0.364. The second-order valence-electron chi connectivity index (χ2n) is 7.84. The van der Waals surface area contributed by atoms with E-state index in [1.807, 2.05) is 36.4 Å². The van der Waals surface area contributed by atoms with Crippen LogP contribution in [0.25, 0.3) is 22.2 Å². The number of hydrogen-bond donors (Lipinski definition) is 0. The zero-order chi connectivity index (χ0) is 19.8. The molecule has 3 aromatic rings. The number of sulfone groups is 1. The summed E-state index contributed by atoms with van der Waals surface area (Å²) in [7, 11) is -2.85. The summed E-state index contributed by atoms with van der Waals surface area (Å²) >= 11 is 0. The Kier molecular flexibility index (Phi) is 4.72. The molecule has 0 aliphatic carbocycles. The molecule has 0 radical (unpaired) electrons. The van der Waals surface area contributed by atoms with E-state index in [1.165, 1.54) is 0 Å². The maximum atomic E-state index is 11.8.